The Kier molecular flexibility index (Phi) is 5.89. The average molecular weight is 420 g/mol. The number of nitrogens with one attached hydrogen (secondary N) is 1. The monoisotopic (exact) mass is 418 g/mol. The lowest BCUT2D eigenvalue weighted by atomic mass is 10.1. The molecule has 0 saturated carbocycles. The number of fused-ring (bicyclic) bond motifs is 1. The summed E-state index contributed by atoms with van der Waals surface area (Å²) in [7, 11) is 0. The van der Waals surface area contributed by atoms with Crippen molar-refractivity contribution >= 4 is 44.3 Å². The number of nitrogens with zero attached hydrogens (tertiary/aromatic N) is 1. The Labute approximate surface area is 159 Å². The lowest BCUT2D eigenvalue weighted by Gasteiger charge is -2.10. The molecule has 3 rings (SSSR count). The summed E-state index contributed by atoms with van der Waals surface area (Å²) in [4.78, 5) is 16.3. The Balaban J connectivity index is 1.55. The smallest absolute Gasteiger partial charge is 0.257 e. The van der Waals surface area contributed by atoms with Crippen LogP contribution in [0, 0.1) is 0 Å². The second kappa shape index (κ2) is 8.32. The molecule has 0 aliphatic rings. The van der Waals surface area contributed by atoms with Crippen LogP contribution >= 0.6 is 27.5 Å². The Morgan fingerprint density at radius 3 is 2.84 bits per heavy atom. The standard InChI is InChI=1S/C19H16BrClN2O2/c20-15-6-2-1-4-13(15)9-11-22-18(24)12-25-17-8-7-16(21)14-5-3-10-23-19(14)17/h1-8,10H,9,11-12H2,(H,22,24). The van der Waals surface area contributed by atoms with Gasteiger partial charge in [-0.25, -0.2) is 0 Å². The van der Waals surface area contributed by atoms with Gasteiger partial charge in [-0.15, -0.1) is 0 Å². The minimum absolute atomic E-state index is 0.0662. The van der Waals surface area contributed by atoms with Crippen LogP contribution in [0.3, 0.4) is 0 Å². The number of rotatable bonds is 6. The number of carbonyl (C=O) groups is 1. The van der Waals surface area contributed by atoms with Gasteiger partial charge in [0.15, 0.2) is 6.61 Å². The highest BCUT2D eigenvalue weighted by atomic mass is 79.9. The van der Waals surface area contributed by atoms with E-state index in [1.165, 1.54) is 0 Å². The Morgan fingerprint density at radius 2 is 2.00 bits per heavy atom. The maximum absolute atomic E-state index is 12.0. The molecule has 3 aromatic rings. The second-order valence-corrected chi connectivity index (χ2v) is 6.69. The predicted octanol–water partition coefficient (Wildman–Crippen LogP) is 4.39. The van der Waals surface area contributed by atoms with Crippen molar-refractivity contribution in [3.63, 3.8) is 0 Å². The van der Waals surface area contributed by atoms with Crippen molar-refractivity contribution in [3.8, 4) is 5.75 Å². The van der Waals surface area contributed by atoms with E-state index in [1.807, 2.05) is 36.4 Å². The van der Waals surface area contributed by atoms with Gasteiger partial charge in [0.1, 0.15) is 11.3 Å². The molecular formula is C19H16BrClN2O2. The fourth-order valence-electron chi connectivity index (χ4n) is 2.46. The second-order valence-electron chi connectivity index (χ2n) is 5.43. The molecule has 0 spiro atoms. The minimum atomic E-state index is -0.175. The zero-order valence-corrected chi connectivity index (χ0v) is 15.7. The fourth-order valence-corrected chi connectivity index (χ4v) is 3.16. The summed E-state index contributed by atoms with van der Waals surface area (Å²) in [5.41, 5.74) is 1.80. The van der Waals surface area contributed by atoms with Crippen LogP contribution in [0.2, 0.25) is 5.02 Å². The maximum atomic E-state index is 12.0. The van der Waals surface area contributed by atoms with Crippen molar-refractivity contribution < 1.29 is 9.53 Å². The number of hydrogen-bond donors (Lipinski definition) is 1. The number of amides is 1. The Bertz CT molecular complexity index is 901. The third-order valence-electron chi connectivity index (χ3n) is 3.71. The molecule has 0 aliphatic carbocycles. The first kappa shape index (κ1) is 17.7. The summed E-state index contributed by atoms with van der Waals surface area (Å²) < 4.78 is 6.66. The van der Waals surface area contributed by atoms with Crippen LogP contribution in [-0.4, -0.2) is 24.0 Å². The normalized spacial score (nSPS) is 10.6. The van der Waals surface area contributed by atoms with Crippen molar-refractivity contribution in [2.24, 2.45) is 0 Å². The molecule has 1 heterocycles. The summed E-state index contributed by atoms with van der Waals surface area (Å²) in [5.74, 6) is 0.368. The number of halogens is 2. The average Bonchev–Trinajstić information content (AvgIpc) is 2.63. The molecule has 0 aliphatic heterocycles. The van der Waals surface area contributed by atoms with E-state index >= 15 is 0 Å². The highest BCUT2D eigenvalue weighted by Crippen LogP contribution is 2.29. The molecule has 4 nitrogen and oxygen atoms in total. The van der Waals surface area contributed by atoms with Crippen LogP contribution in [0.25, 0.3) is 10.9 Å². The van der Waals surface area contributed by atoms with E-state index in [-0.39, 0.29) is 12.5 Å². The van der Waals surface area contributed by atoms with E-state index in [9.17, 15) is 4.79 Å². The molecule has 25 heavy (non-hydrogen) atoms. The third-order valence-corrected chi connectivity index (χ3v) is 4.82. The molecule has 128 valence electrons. The SMILES string of the molecule is O=C(COc1ccc(Cl)c2cccnc12)NCCc1ccccc1Br. The molecule has 1 N–H and O–H groups in total. The summed E-state index contributed by atoms with van der Waals surface area (Å²) >= 11 is 9.65. The highest BCUT2D eigenvalue weighted by molar-refractivity contribution is 9.10. The molecule has 0 saturated heterocycles. The third kappa shape index (κ3) is 4.50. The van der Waals surface area contributed by atoms with Gasteiger partial charge in [-0.2, -0.15) is 0 Å². The number of pyridine rings is 1. The van der Waals surface area contributed by atoms with Gasteiger partial charge >= 0.3 is 0 Å². The molecule has 0 radical (unpaired) electrons. The van der Waals surface area contributed by atoms with Crippen LogP contribution < -0.4 is 10.1 Å². The number of aromatic nitrogens is 1. The van der Waals surface area contributed by atoms with E-state index in [0.29, 0.717) is 22.8 Å². The Morgan fingerprint density at radius 1 is 1.16 bits per heavy atom. The zero-order valence-electron chi connectivity index (χ0n) is 13.3. The van der Waals surface area contributed by atoms with E-state index in [1.54, 1.807) is 18.3 Å². The van der Waals surface area contributed by atoms with Crippen molar-refractivity contribution in [1.82, 2.24) is 10.3 Å². The molecule has 1 aromatic heterocycles. The molecule has 0 bridgehead atoms. The van der Waals surface area contributed by atoms with Crippen molar-refractivity contribution in [2.75, 3.05) is 13.2 Å². The van der Waals surface area contributed by atoms with Crippen LogP contribution in [-0.2, 0) is 11.2 Å². The van der Waals surface area contributed by atoms with Gasteiger partial charge in [0.25, 0.3) is 5.91 Å². The van der Waals surface area contributed by atoms with Gasteiger partial charge in [-0.3, -0.25) is 9.78 Å². The molecule has 1 amide bonds. The number of hydrogen-bond acceptors (Lipinski definition) is 3. The quantitative estimate of drug-likeness (QED) is 0.645. The van der Waals surface area contributed by atoms with Gasteiger partial charge < -0.3 is 10.1 Å². The van der Waals surface area contributed by atoms with E-state index in [2.05, 4.69) is 26.2 Å². The van der Waals surface area contributed by atoms with Crippen molar-refractivity contribution in [3.05, 3.63) is 69.8 Å². The van der Waals surface area contributed by atoms with Gasteiger partial charge in [-0.1, -0.05) is 45.7 Å². The van der Waals surface area contributed by atoms with Crippen molar-refractivity contribution in [1.29, 1.82) is 0 Å². The van der Waals surface area contributed by atoms with Gasteiger partial charge in [0.05, 0.1) is 5.02 Å². The summed E-state index contributed by atoms with van der Waals surface area (Å²) in [6, 6.07) is 15.1. The molecular weight excluding hydrogens is 404 g/mol. The predicted molar refractivity (Wildman–Crippen MR) is 103 cm³/mol. The topological polar surface area (TPSA) is 51.2 Å². The first-order chi connectivity index (χ1) is 12.1. The van der Waals surface area contributed by atoms with E-state index < -0.39 is 0 Å². The molecule has 0 atom stereocenters. The lowest BCUT2D eigenvalue weighted by Crippen LogP contribution is -2.30. The summed E-state index contributed by atoms with van der Waals surface area (Å²) in [6.45, 7) is 0.480. The Hall–Kier alpha value is -2.11. The molecule has 6 heteroatoms. The number of carbonyl (C=O) groups excluding carboxylic acids is 1. The first-order valence-electron chi connectivity index (χ1n) is 7.81. The highest BCUT2D eigenvalue weighted by Gasteiger charge is 2.09. The first-order valence-corrected chi connectivity index (χ1v) is 8.98. The summed E-state index contributed by atoms with van der Waals surface area (Å²) in [5, 5.41) is 4.26. The minimum Gasteiger partial charge on any atom is -0.481 e. The van der Waals surface area contributed by atoms with E-state index in [0.717, 1.165) is 21.8 Å². The molecule has 0 fully saturated rings. The van der Waals surface area contributed by atoms with Gasteiger partial charge in [0.2, 0.25) is 0 Å². The zero-order chi connectivity index (χ0) is 17.6. The fraction of sp³-hybridized carbons (Fsp3) is 0.158. The lowest BCUT2D eigenvalue weighted by molar-refractivity contribution is -0.123. The maximum Gasteiger partial charge on any atom is 0.257 e. The van der Waals surface area contributed by atoms with Crippen LogP contribution in [0.1, 0.15) is 5.56 Å². The number of benzene rings is 2. The molecule has 0 unspecified atom stereocenters. The van der Waals surface area contributed by atoms with Crippen LogP contribution in [0.15, 0.2) is 59.2 Å². The van der Waals surface area contributed by atoms with Crippen molar-refractivity contribution in [2.45, 2.75) is 6.42 Å². The summed E-state index contributed by atoms with van der Waals surface area (Å²) in [6.07, 6.45) is 2.42. The number of ether oxygens (including phenoxy) is 1. The van der Waals surface area contributed by atoms with Crippen LogP contribution in [0.4, 0.5) is 0 Å². The molecule has 2 aromatic carbocycles. The van der Waals surface area contributed by atoms with E-state index in [4.69, 9.17) is 16.3 Å². The van der Waals surface area contributed by atoms with Crippen LogP contribution in [0.5, 0.6) is 5.75 Å². The van der Waals surface area contributed by atoms with Gasteiger partial charge in [-0.05, 0) is 42.3 Å². The largest absolute Gasteiger partial charge is 0.481 e. The van der Waals surface area contributed by atoms with Gasteiger partial charge in [0, 0.05) is 22.6 Å².